The van der Waals surface area contributed by atoms with Crippen molar-refractivity contribution in [2.45, 2.75) is 18.6 Å². The Morgan fingerprint density at radius 3 is 2.89 bits per heavy atom. The van der Waals surface area contributed by atoms with Crippen LogP contribution in [0.3, 0.4) is 0 Å². The summed E-state index contributed by atoms with van der Waals surface area (Å²) >= 11 is 1.74. The molecule has 5 heteroatoms. The normalized spacial score (nSPS) is 14.3. The highest BCUT2D eigenvalue weighted by molar-refractivity contribution is 7.99. The van der Waals surface area contributed by atoms with E-state index in [0.29, 0.717) is 0 Å². The molecule has 92 valence electrons. The summed E-state index contributed by atoms with van der Waals surface area (Å²) in [6.07, 6.45) is 1.47. The molecule has 1 aromatic carbocycles. The van der Waals surface area contributed by atoms with Gasteiger partial charge < -0.3 is 9.77 Å². The van der Waals surface area contributed by atoms with Crippen molar-refractivity contribution in [3.63, 3.8) is 0 Å². The molecule has 1 N–H and O–H groups in total. The van der Waals surface area contributed by atoms with Gasteiger partial charge in [0.2, 0.25) is 0 Å². The fourth-order valence-corrected chi connectivity index (χ4v) is 3.07. The first-order valence-electron chi connectivity index (χ1n) is 5.77. The van der Waals surface area contributed by atoms with Crippen molar-refractivity contribution in [3.8, 4) is 11.3 Å². The Kier molecular flexibility index (Phi) is 2.83. The Morgan fingerprint density at radius 1 is 1.39 bits per heavy atom. The first-order chi connectivity index (χ1) is 8.79. The van der Waals surface area contributed by atoms with E-state index >= 15 is 0 Å². The fourth-order valence-electron chi connectivity index (χ4n) is 2.11. The van der Waals surface area contributed by atoms with Gasteiger partial charge in [0.15, 0.2) is 5.16 Å². The van der Waals surface area contributed by atoms with Crippen LogP contribution in [0.4, 0.5) is 0 Å². The van der Waals surface area contributed by atoms with Gasteiger partial charge in [-0.25, -0.2) is 4.98 Å². The molecule has 0 aliphatic carbocycles. The summed E-state index contributed by atoms with van der Waals surface area (Å²) in [7, 11) is 0. The second-order valence-electron chi connectivity index (χ2n) is 4.24. The monoisotopic (exact) mass is 259 g/mol. The van der Waals surface area contributed by atoms with Crippen LogP contribution in [0.1, 0.15) is 11.3 Å². The first-order valence-corrected chi connectivity index (χ1v) is 6.76. The molecule has 0 atom stereocenters. The van der Waals surface area contributed by atoms with Crippen LogP contribution in [0.2, 0.25) is 0 Å². The van der Waals surface area contributed by atoms with Crippen molar-refractivity contribution >= 4 is 18.0 Å². The third-order valence-electron chi connectivity index (χ3n) is 3.02. The molecule has 0 unspecified atom stereocenters. The molecule has 0 amide bonds. The topological polar surface area (TPSA) is 50.4 Å². The zero-order valence-corrected chi connectivity index (χ0v) is 10.8. The van der Waals surface area contributed by atoms with Gasteiger partial charge in [0.25, 0.3) is 0 Å². The summed E-state index contributed by atoms with van der Waals surface area (Å²) in [5, 5.41) is 13.0. The zero-order chi connectivity index (χ0) is 12.5. The maximum atomic E-state index is 8.81. The van der Waals surface area contributed by atoms with Crippen LogP contribution in [-0.2, 0) is 6.54 Å². The third kappa shape index (κ3) is 1.80. The van der Waals surface area contributed by atoms with E-state index in [2.05, 4.69) is 33.8 Å². The van der Waals surface area contributed by atoms with Gasteiger partial charge in [0.1, 0.15) is 0 Å². The minimum Gasteiger partial charge on any atom is -0.411 e. The molecule has 2 heterocycles. The van der Waals surface area contributed by atoms with Crippen LogP contribution in [0.15, 0.2) is 34.6 Å². The van der Waals surface area contributed by atoms with E-state index in [-0.39, 0.29) is 0 Å². The minimum atomic E-state index is 0.876. The Labute approximate surface area is 109 Å². The van der Waals surface area contributed by atoms with Gasteiger partial charge in [0.05, 0.1) is 17.6 Å². The van der Waals surface area contributed by atoms with E-state index < -0.39 is 0 Å². The lowest BCUT2D eigenvalue weighted by Gasteiger charge is -2.02. The standard InChI is InChI=1S/C13H13N3OS/c1-9-2-4-10(5-3-9)12-11(8-14-17)16-6-7-18-13(16)15-12/h2-5,8,17H,6-7H2,1H3/b14-8-. The van der Waals surface area contributed by atoms with Crippen molar-refractivity contribution in [2.75, 3.05) is 5.75 Å². The van der Waals surface area contributed by atoms with Crippen molar-refractivity contribution in [3.05, 3.63) is 35.5 Å². The molecular weight excluding hydrogens is 246 g/mol. The van der Waals surface area contributed by atoms with E-state index in [9.17, 15) is 0 Å². The van der Waals surface area contributed by atoms with E-state index in [0.717, 1.165) is 34.4 Å². The van der Waals surface area contributed by atoms with Crippen LogP contribution < -0.4 is 0 Å². The maximum absolute atomic E-state index is 8.81. The Morgan fingerprint density at radius 2 is 2.17 bits per heavy atom. The predicted octanol–water partition coefficient (Wildman–Crippen LogP) is 2.77. The van der Waals surface area contributed by atoms with Gasteiger partial charge in [-0.2, -0.15) is 0 Å². The maximum Gasteiger partial charge on any atom is 0.169 e. The van der Waals surface area contributed by atoms with Gasteiger partial charge in [-0.15, -0.1) is 0 Å². The zero-order valence-electron chi connectivity index (χ0n) is 10.00. The SMILES string of the molecule is Cc1ccc(-c2nc3n(c2/C=N\O)CCS3)cc1. The van der Waals surface area contributed by atoms with E-state index in [4.69, 9.17) is 5.21 Å². The van der Waals surface area contributed by atoms with Gasteiger partial charge in [-0.3, -0.25) is 0 Å². The lowest BCUT2D eigenvalue weighted by molar-refractivity contribution is 0.321. The molecular formula is C13H13N3OS. The predicted molar refractivity (Wildman–Crippen MR) is 72.5 cm³/mol. The minimum absolute atomic E-state index is 0.876. The number of rotatable bonds is 2. The van der Waals surface area contributed by atoms with Crippen LogP contribution in [0.25, 0.3) is 11.3 Å². The van der Waals surface area contributed by atoms with Crippen molar-refractivity contribution < 1.29 is 5.21 Å². The van der Waals surface area contributed by atoms with Gasteiger partial charge >= 0.3 is 0 Å². The summed E-state index contributed by atoms with van der Waals surface area (Å²) in [6.45, 7) is 2.98. The summed E-state index contributed by atoms with van der Waals surface area (Å²) in [5.74, 6) is 1.03. The number of oxime groups is 1. The number of fused-ring (bicyclic) bond motifs is 1. The second kappa shape index (κ2) is 4.49. The first kappa shape index (κ1) is 11.3. The number of imidazole rings is 1. The lowest BCUT2D eigenvalue weighted by Crippen LogP contribution is -2.00. The Hall–Kier alpha value is -1.75. The number of aryl methyl sites for hydroxylation is 1. The molecule has 0 radical (unpaired) electrons. The summed E-state index contributed by atoms with van der Waals surface area (Å²) < 4.78 is 2.10. The molecule has 0 saturated heterocycles. The van der Waals surface area contributed by atoms with Crippen molar-refractivity contribution in [1.82, 2.24) is 9.55 Å². The molecule has 0 spiro atoms. The number of hydrogen-bond donors (Lipinski definition) is 1. The molecule has 0 fully saturated rings. The Bertz CT molecular complexity index is 601. The van der Waals surface area contributed by atoms with Crippen LogP contribution in [0.5, 0.6) is 0 Å². The van der Waals surface area contributed by atoms with Gasteiger partial charge in [0, 0.05) is 17.9 Å². The number of thioether (sulfide) groups is 1. The Balaban J connectivity index is 2.14. The average Bonchev–Trinajstić information content (AvgIpc) is 2.93. The highest BCUT2D eigenvalue weighted by Gasteiger charge is 2.21. The molecule has 3 rings (SSSR count). The van der Waals surface area contributed by atoms with Crippen molar-refractivity contribution in [1.29, 1.82) is 0 Å². The van der Waals surface area contributed by atoms with E-state index in [1.54, 1.807) is 11.8 Å². The number of aromatic nitrogens is 2. The van der Waals surface area contributed by atoms with Gasteiger partial charge in [-0.1, -0.05) is 46.7 Å². The van der Waals surface area contributed by atoms with Crippen LogP contribution in [0, 0.1) is 6.92 Å². The second-order valence-corrected chi connectivity index (χ2v) is 5.30. The molecule has 2 aromatic rings. The number of nitrogens with zero attached hydrogens (tertiary/aromatic N) is 3. The number of benzene rings is 1. The van der Waals surface area contributed by atoms with Crippen LogP contribution >= 0.6 is 11.8 Å². The number of hydrogen-bond acceptors (Lipinski definition) is 4. The highest BCUT2D eigenvalue weighted by Crippen LogP contribution is 2.32. The van der Waals surface area contributed by atoms with Crippen LogP contribution in [-0.4, -0.2) is 26.7 Å². The van der Waals surface area contributed by atoms with Crippen molar-refractivity contribution in [2.24, 2.45) is 5.16 Å². The summed E-state index contributed by atoms with van der Waals surface area (Å²) in [5.41, 5.74) is 4.03. The molecule has 1 aliphatic rings. The average molecular weight is 259 g/mol. The van der Waals surface area contributed by atoms with E-state index in [1.807, 2.05) is 12.1 Å². The smallest absolute Gasteiger partial charge is 0.169 e. The molecule has 0 bridgehead atoms. The fraction of sp³-hybridized carbons (Fsp3) is 0.231. The lowest BCUT2D eigenvalue weighted by atomic mass is 10.1. The van der Waals surface area contributed by atoms with E-state index in [1.165, 1.54) is 11.8 Å². The molecule has 1 aliphatic heterocycles. The molecule has 4 nitrogen and oxygen atoms in total. The highest BCUT2D eigenvalue weighted by atomic mass is 32.2. The molecule has 18 heavy (non-hydrogen) atoms. The third-order valence-corrected chi connectivity index (χ3v) is 3.98. The summed E-state index contributed by atoms with van der Waals surface area (Å²) in [4.78, 5) is 4.63. The summed E-state index contributed by atoms with van der Waals surface area (Å²) in [6, 6.07) is 8.22. The largest absolute Gasteiger partial charge is 0.411 e. The van der Waals surface area contributed by atoms with Gasteiger partial charge in [-0.05, 0) is 6.92 Å². The molecule has 0 saturated carbocycles. The molecule has 1 aromatic heterocycles. The quantitative estimate of drug-likeness (QED) is 0.512.